The Morgan fingerprint density at radius 1 is 1.23 bits per heavy atom. The molecule has 2 aromatic heterocycles. The first kappa shape index (κ1) is 21.6. The molecule has 0 saturated heterocycles. The zero-order valence-electron chi connectivity index (χ0n) is 15.9. The van der Waals surface area contributed by atoms with Gasteiger partial charge in [-0.2, -0.15) is 13.2 Å². The van der Waals surface area contributed by atoms with Crippen molar-refractivity contribution in [1.29, 1.82) is 0 Å². The maximum atomic E-state index is 12.8. The molecule has 3 rings (SSSR count). The molecular formula is C20H18F3N3O3S. The van der Waals surface area contributed by atoms with Crippen LogP contribution in [0.4, 0.5) is 19.0 Å². The van der Waals surface area contributed by atoms with Crippen molar-refractivity contribution in [3.05, 3.63) is 58.7 Å². The van der Waals surface area contributed by atoms with Gasteiger partial charge in [-0.1, -0.05) is 18.2 Å². The predicted octanol–water partition coefficient (Wildman–Crippen LogP) is 4.98. The molecule has 0 aliphatic heterocycles. The molecular weight excluding hydrogens is 419 g/mol. The number of hydrogen-bond acceptors (Lipinski definition) is 6. The Labute approximate surface area is 174 Å². The summed E-state index contributed by atoms with van der Waals surface area (Å²) in [6.45, 7) is 2.47. The lowest BCUT2D eigenvalue weighted by Crippen LogP contribution is -2.09. The minimum atomic E-state index is -4.37. The second-order valence-corrected chi connectivity index (χ2v) is 7.26. The van der Waals surface area contributed by atoms with Gasteiger partial charge in [0.25, 0.3) is 0 Å². The fraction of sp³-hybridized carbons (Fsp3) is 0.250. The summed E-state index contributed by atoms with van der Waals surface area (Å²) in [6.07, 6.45) is -2.66. The number of nitrogens with one attached hydrogen (secondary N) is 1. The van der Waals surface area contributed by atoms with Crippen LogP contribution in [0.15, 0.2) is 42.7 Å². The second kappa shape index (κ2) is 9.12. The fourth-order valence-electron chi connectivity index (χ4n) is 2.74. The molecule has 30 heavy (non-hydrogen) atoms. The molecule has 0 aliphatic carbocycles. The van der Waals surface area contributed by atoms with E-state index in [-0.39, 0.29) is 10.6 Å². The van der Waals surface area contributed by atoms with Crippen molar-refractivity contribution in [1.82, 2.24) is 9.97 Å². The van der Waals surface area contributed by atoms with Gasteiger partial charge in [-0.15, -0.1) is 11.3 Å². The molecule has 2 N–H and O–H groups in total. The van der Waals surface area contributed by atoms with Gasteiger partial charge in [-0.05, 0) is 25.0 Å². The highest BCUT2D eigenvalue weighted by Crippen LogP contribution is 2.36. The van der Waals surface area contributed by atoms with Crippen LogP contribution in [0, 0.1) is 0 Å². The van der Waals surface area contributed by atoms with E-state index in [1.165, 1.54) is 12.4 Å². The van der Waals surface area contributed by atoms with Crippen molar-refractivity contribution in [2.75, 3.05) is 18.5 Å². The highest BCUT2D eigenvalue weighted by Gasteiger charge is 2.30. The first-order valence-electron chi connectivity index (χ1n) is 9.00. The second-order valence-electron chi connectivity index (χ2n) is 6.21. The minimum absolute atomic E-state index is 0.0875. The molecule has 1 aromatic carbocycles. The van der Waals surface area contributed by atoms with Gasteiger partial charge in [-0.25, -0.2) is 14.8 Å². The van der Waals surface area contributed by atoms with Crippen LogP contribution in [0.25, 0.3) is 10.6 Å². The van der Waals surface area contributed by atoms with Crippen molar-refractivity contribution in [2.45, 2.75) is 19.5 Å². The van der Waals surface area contributed by atoms with Crippen molar-refractivity contribution < 1.29 is 27.8 Å². The van der Waals surface area contributed by atoms with Crippen LogP contribution in [0.3, 0.4) is 0 Å². The number of benzene rings is 1. The molecule has 2 heterocycles. The number of carboxylic acid groups (broad SMARTS) is 1. The van der Waals surface area contributed by atoms with Gasteiger partial charge in [-0.3, -0.25) is 0 Å². The van der Waals surface area contributed by atoms with Crippen molar-refractivity contribution in [3.63, 3.8) is 0 Å². The Bertz CT molecular complexity index is 1040. The Hall–Kier alpha value is -3.14. The minimum Gasteiger partial charge on any atom is -0.492 e. The van der Waals surface area contributed by atoms with E-state index in [1.54, 1.807) is 25.1 Å². The smallest absolute Gasteiger partial charge is 0.416 e. The first-order valence-corrected chi connectivity index (χ1v) is 9.82. The van der Waals surface area contributed by atoms with E-state index >= 15 is 0 Å². The summed E-state index contributed by atoms with van der Waals surface area (Å²) in [5.41, 5.74) is 0.392. The number of ether oxygens (including phenoxy) is 1. The van der Waals surface area contributed by atoms with Crippen LogP contribution in [-0.4, -0.2) is 34.2 Å². The molecule has 0 atom stereocenters. The fourth-order valence-corrected chi connectivity index (χ4v) is 3.65. The maximum Gasteiger partial charge on any atom is 0.416 e. The molecule has 0 fully saturated rings. The number of aromatic carboxylic acids is 1. The summed E-state index contributed by atoms with van der Waals surface area (Å²) >= 11 is 1.04. The number of anilines is 1. The molecule has 10 heteroatoms. The van der Waals surface area contributed by atoms with Crippen LogP contribution in [0.5, 0.6) is 5.75 Å². The van der Waals surface area contributed by atoms with E-state index in [4.69, 9.17) is 4.74 Å². The van der Waals surface area contributed by atoms with Crippen molar-refractivity contribution >= 4 is 23.1 Å². The predicted molar refractivity (Wildman–Crippen MR) is 107 cm³/mol. The van der Waals surface area contributed by atoms with Gasteiger partial charge < -0.3 is 15.2 Å². The summed E-state index contributed by atoms with van der Waals surface area (Å²) < 4.78 is 43.8. The monoisotopic (exact) mass is 437 g/mol. The average Bonchev–Trinajstić information content (AvgIpc) is 3.13. The van der Waals surface area contributed by atoms with E-state index in [2.05, 4.69) is 15.3 Å². The molecule has 158 valence electrons. The molecule has 3 aromatic rings. The quantitative estimate of drug-likeness (QED) is 0.517. The van der Waals surface area contributed by atoms with Crippen LogP contribution < -0.4 is 10.1 Å². The topological polar surface area (TPSA) is 84.3 Å². The van der Waals surface area contributed by atoms with E-state index in [0.717, 1.165) is 23.5 Å². The molecule has 0 saturated carbocycles. The number of alkyl halides is 3. The van der Waals surface area contributed by atoms with Gasteiger partial charge in [0.15, 0.2) is 4.88 Å². The van der Waals surface area contributed by atoms with E-state index in [0.29, 0.717) is 41.5 Å². The third-order valence-electron chi connectivity index (χ3n) is 4.09. The molecule has 0 spiro atoms. The third kappa shape index (κ3) is 5.26. The van der Waals surface area contributed by atoms with Crippen molar-refractivity contribution in [3.8, 4) is 16.3 Å². The summed E-state index contributed by atoms with van der Waals surface area (Å²) in [7, 11) is 0. The zero-order chi connectivity index (χ0) is 21.7. The number of carboxylic acids is 1. The Kier molecular flexibility index (Phi) is 6.56. The lowest BCUT2D eigenvalue weighted by Gasteiger charge is -2.10. The molecule has 0 radical (unpaired) electrons. The van der Waals surface area contributed by atoms with E-state index in [9.17, 15) is 23.1 Å². The number of carbonyl (C=O) groups is 1. The zero-order valence-corrected chi connectivity index (χ0v) is 16.7. The van der Waals surface area contributed by atoms with Gasteiger partial charge in [0.1, 0.15) is 17.9 Å². The largest absolute Gasteiger partial charge is 0.492 e. The molecule has 0 bridgehead atoms. The maximum absolute atomic E-state index is 12.8. The number of halogens is 3. The summed E-state index contributed by atoms with van der Waals surface area (Å²) in [5, 5.41) is 12.4. The number of nitrogens with zero attached hydrogens (tertiary/aromatic N) is 2. The Morgan fingerprint density at radius 2 is 2.03 bits per heavy atom. The van der Waals surface area contributed by atoms with Gasteiger partial charge in [0.2, 0.25) is 0 Å². The molecule has 0 unspecified atom stereocenters. The Balaban J connectivity index is 1.70. The summed E-state index contributed by atoms with van der Waals surface area (Å²) in [5.74, 6) is -0.318. The summed E-state index contributed by atoms with van der Waals surface area (Å²) in [4.78, 5) is 20.4. The highest BCUT2D eigenvalue weighted by molar-refractivity contribution is 7.17. The van der Waals surface area contributed by atoms with Gasteiger partial charge >= 0.3 is 12.1 Å². The lowest BCUT2D eigenvalue weighted by molar-refractivity contribution is -0.137. The van der Waals surface area contributed by atoms with Crippen LogP contribution in [0.1, 0.15) is 27.7 Å². The average molecular weight is 437 g/mol. The number of aromatic nitrogens is 2. The highest BCUT2D eigenvalue weighted by atomic mass is 32.1. The molecule has 6 nitrogen and oxygen atoms in total. The lowest BCUT2D eigenvalue weighted by atomic mass is 10.1. The number of rotatable bonds is 8. The first-order chi connectivity index (χ1) is 14.3. The van der Waals surface area contributed by atoms with Crippen LogP contribution >= 0.6 is 11.3 Å². The molecule has 0 aliphatic rings. The van der Waals surface area contributed by atoms with Gasteiger partial charge in [0, 0.05) is 18.7 Å². The number of hydrogen-bond donors (Lipinski definition) is 2. The Morgan fingerprint density at radius 3 is 2.73 bits per heavy atom. The SMILES string of the molecule is CCOc1cc(-c2cc(NCCc3cccc(C(F)(F)F)c3)ncn2)sc1C(=O)O. The van der Waals surface area contributed by atoms with Gasteiger partial charge in [0.05, 0.1) is 22.7 Å². The van der Waals surface area contributed by atoms with E-state index < -0.39 is 17.7 Å². The normalized spacial score (nSPS) is 11.3. The molecule has 0 amide bonds. The standard InChI is InChI=1S/C20H18F3N3O3S/c1-2-29-15-10-16(30-18(15)19(27)28)14-9-17(26-11-25-14)24-7-6-12-4-3-5-13(8-12)20(21,22)23/h3-5,8-11H,2,6-7H2,1H3,(H,27,28)(H,24,25,26). The summed E-state index contributed by atoms with van der Waals surface area (Å²) in [6, 6.07) is 8.45. The van der Waals surface area contributed by atoms with Crippen LogP contribution in [0.2, 0.25) is 0 Å². The third-order valence-corrected chi connectivity index (χ3v) is 5.21. The van der Waals surface area contributed by atoms with E-state index in [1.807, 2.05) is 0 Å². The number of thiophene rings is 1. The van der Waals surface area contributed by atoms with Crippen molar-refractivity contribution in [2.24, 2.45) is 0 Å². The van der Waals surface area contributed by atoms with Crippen LogP contribution in [-0.2, 0) is 12.6 Å².